The molecular weight excluding hydrogens is 278 g/mol. The molecule has 3 rings (SSSR count). The number of aromatic amines is 2. The lowest BCUT2D eigenvalue weighted by molar-refractivity contribution is 0.118. The highest BCUT2D eigenvalue weighted by molar-refractivity contribution is 6.31. The highest BCUT2D eigenvalue weighted by Gasteiger charge is 2.15. The van der Waals surface area contributed by atoms with Gasteiger partial charge >= 0.3 is 0 Å². The van der Waals surface area contributed by atoms with Crippen molar-refractivity contribution in [3.8, 4) is 0 Å². The number of nitrogens with one attached hydrogen (secondary N) is 2. The van der Waals surface area contributed by atoms with Crippen molar-refractivity contribution >= 4 is 33.4 Å². The SMILES string of the molecule is COC(C)Cc1[nH]nc2c1c(=O)[nH]c1ccc(Cl)cc12. The summed E-state index contributed by atoms with van der Waals surface area (Å²) in [7, 11) is 1.64. The summed E-state index contributed by atoms with van der Waals surface area (Å²) in [5, 5.41) is 9.23. The lowest BCUT2D eigenvalue weighted by Crippen LogP contribution is -2.12. The van der Waals surface area contributed by atoms with Gasteiger partial charge in [-0.1, -0.05) is 11.6 Å². The molecule has 0 saturated heterocycles. The summed E-state index contributed by atoms with van der Waals surface area (Å²) >= 11 is 6.02. The van der Waals surface area contributed by atoms with Crippen LogP contribution in [0.15, 0.2) is 23.0 Å². The van der Waals surface area contributed by atoms with Gasteiger partial charge < -0.3 is 9.72 Å². The molecule has 0 bridgehead atoms. The Labute approximate surface area is 119 Å². The molecule has 2 aromatic heterocycles. The minimum atomic E-state index is -0.151. The maximum absolute atomic E-state index is 12.2. The van der Waals surface area contributed by atoms with E-state index in [0.717, 1.165) is 16.6 Å². The predicted octanol–water partition coefficient (Wildman–Crippen LogP) is 2.64. The molecule has 0 amide bonds. The molecule has 0 aliphatic heterocycles. The first-order valence-corrected chi connectivity index (χ1v) is 6.69. The summed E-state index contributed by atoms with van der Waals surface area (Å²) in [6.45, 7) is 1.94. The molecule has 1 atom stereocenters. The monoisotopic (exact) mass is 291 g/mol. The van der Waals surface area contributed by atoms with Gasteiger partial charge in [0.15, 0.2) is 0 Å². The van der Waals surface area contributed by atoms with Crippen molar-refractivity contribution in [3.63, 3.8) is 0 Å². The molecule has 2 heterocycles. The number of halogens is 1. The van der Waals surface area contributed by atoms with Crippen molar-refractivity contribution in [2.75, 3.05) is 7.11 Å². The van der Waals surface area contributed by atoms with E-state index in [1.165, 1.54) is 0 Å². The van der Waals surface area contributed by atoms with E-state index in [1.54, 1.807) is 25.3 Å². The minimum absolute atomic E-state index is 0.00751. The molecule has 0 aliphatic carbocycles. The molecular formula is C14H14ClN3O2. The van der Waals surface area contributed by atoms with Gasteiger partial charge in [0.25, 0.3) is 5.56 Å². The number of fused-ring (bicyclic) bond motifs is 3. The Morgan fingerprint density at radius 3 is 3.00 bits per heavy atom. The topological polar surface area (TPSA) is 70.8 Å². The van der Waals surface area contributed by atoms with Crippen LogP contribution in [-0.2, 0) is 11.2 Å². The van der Waals surface area contributed by atoms with Crippen LogP contribution in [0.5, 0.6) is 0 Å². The zero-order valence-electron chi connectivity index (χ0n) is 11.2. The normalized spacial score (nSPS) is 13.2. The zero-order valence-corrected chi connectivity index (χ0v) is 11.9. The summed E-state index contributed by atoms with van der Waals surface area (Å²) in [6, 6.07) is 5.33. The van der Waals surface area contributed by atoms with Gasteiger partial charge in [-0.2, -0.15) is 5.10 Å². The van der Waals surface area contributed by atoms with Crippen LogP contribution < -0.4 is 5.56 Å². The molecule has 1 unspecified atom stereocenters. The van der Waals surface area contributed by atoms with Crippen molar-refractivity contribution < 1.29 is 4.74 Å². The molecule has 0 radical (unpaired) electrons. The zero-order chi connectivity index (χ0) is 14.3. The second-order valence-electron chi connectivity index (χ2n) is 4.82. The highest BCUT2D eigenvalue weighted by Crippen LogP contribution is 2.24. The Hall–Kier alpha value is -1.85. The fraction of sp³-hybridized carbons (Fsp3) is 0.286. The standard InChI is InChI=1S/C14H14ClN3O2/c1-7(20-2)5-11-12-13(18-17-11)9-6-8(15)3-4-10(9)16-14(12)19/h3-4,6-7H,5H2,1-2H3,(H,16,19)(H,17,18). The Kier molecular flexibility index (Phi) is 3.23. The average Bonchev–Trinajstić information content (AvgIpc) is 2.84. The molecule has 3 aromatic rings. The van der Waals surface area contributed by atoms with Crippen LogP contribution in [0.4, 0.5) is 0 Å². The maximum Gasteiger partial charge on any atom is 0.259 e. The van der Waals surface area contributed by atoms with Crippen molar-refractivity contribution in [2.24, 2.45) is 0 Å². The van der Waals surface area contributed by atoms with Gasteiger partial charge in [0.1, 0.15) is 5.52 Å². The molecule has 0 saturated carbocycles. The van der Waals surface area contributed by atoms with Gasteiger partial charge in [-0.05, 0) is 25.1 Å². The van der Waals surface area contributed by atoms with Gasteiger partial charge in [-0.15, -0.1) is 0 Å². The first kappa shape index (κ1) is 13.1. The Bertz CT molecular complexity index is 837. The third kappa shape index (κ3) is 2.09. The summed E-state index contributed by atoms with van der Waals surface area (Å²) in [5.74, 6) is 0. The Morgan fingerprint density at radius 2 is 2.25 bits per heavy atom. The third-order valence-electron chi connectivity index (χ3n) is 3.45. The Balaban J connectivity index is 2.30. The lowest BCUT2D eigenvalue weighted by Gasteiger charge is -2.07. The van der Waals surface area contributed by atoms with E-state index in [4.69, 9.17) is 16.3 Å². The molecule has 0 spiro atoms. The van der Waals surface area contributed by atoms with Crippen molar-refractivity contribution in [3.05, 3.63) is 39.3 Å². The van der Waals surface area contributed by atoms with Crippen LogP contribution in [0, 0.1) is 0 Å². The van der Waals surface area contributed by atoms with Crippen molar-refractivity contribution in [1.29, 1.82) is 0 Å². The van der Waals surface area contributed by atoms with Gasteiger partial charge in [0.2, 0.25) is 0 Å². The Morgan fingerprint density at radius 1 is 1.45 bits per heavy atom. The fourth-order valence-corrected chi connectivity index (χ4v) is 2.51. The molecule has 1 aromatic carbocycles. The maximum atomic E-state index is 12.2. The van der Waals surface area contributed by atoms with Gasteiger partial charge in [0.05, 0.1) is 22.7 Å². The second kappa shape index (κ2) is 4.92. The molecule has 0 fully saturated rings. The van der Waals surface area contributed by atoms with E-state index >= 15 is 0 Å². The minimum Gasteiger partial charge on any atom is -0.381 e. The number of hydrogen-bond acceptors (Lipinski definition) is 3. The van der Waals surface area contributed by atoms with E-state index in [1.807, 2.05) is 6.92 Å². The quantitative estimate of drug-likeness (QED) is 0.779. The number of nitrogens with zero attached hydrogens (tertiary/aromatic N) is 1. The smallest absolute Gasteiger partial charge is 0.259 e. The van der Waals surface area contributed by atoms with Crippen LogP contribution in [-0.4, -0.2) is 28.4 Å². The van der Waals surface area contributed by atoms with Crippen LogP contribution in [0.1, 0.15) is 12.6 Å². The number of methoxy groups -OCH3 is 1. The second-order valence-corrected chi connectivity index (χ2v) is 5.26. The number of ether oxygens (including phenoxy) is 1. The fourth-order valence-electron chi connectivity index (χ4n) is 2.34. The van der Waals surface area contributed by atoms with Crippen LogP contribution in [0.2, 0.25) is 5.02 Å². The molecule has 20 heavy (non-hydrogen) atoms. The van der Waals surface area contributed by atoms with Gasteiger partial charge in [0, 0.05) is 23.9 Å². The number of hydrogen-bond donors (Lipinski definition) is 2. The van der Waals surface area contributed by atoms with Crippen molar-refractivity contribution in [2.45, 2.75) is 19.4 Å². The van der Waals surface area contributed by atoms with E-state index in [9.17, 15) is 4.79 Å². The van der Waals surface area contributed by atoms with Crippen molar-refractivity contribution in [1.82, 2.24) is 15.2 Å². The van der Waals surface area contributed by atoms with Crippen LogP contribution in [0.25, 0.3) is 21.8 Å². The largest absolute Gasteiger partial charge is 0.381 e. The van der Waals surface area contributed by atoms with Gasteiger partial charge in [-0.3, -0.25) is 9.89 Å². The molecule has 104 valence electrons. The van der Waals surface area contributed by atoms with E-state index in [2.05, 4.69) is 15.2 Å². The number of H-pyrrole nitrogens is 2. The lowest BCUT2D eigenvalue weighted by atomic mass is 10.1. The third-order valence-corrected chi connectivity index (χ3v) is 3.68. The predicted molar refractivity (Wildman–Crippen MR) is 79.4 cm³/mol. The number of benzene rings is 1. The molecule has 6 heteroatoms. The average molecular weight is 292 g/mol. The number of aromatic nitrogens is 3. The first-order chi connectivity index (χ1) is 9.60. The highest BCUT2D eigenvalue weighted by atomic mass is 35.5. The summed E-state index contributed by atoms with van der Waals surface area (Å²) in [5.41, 5.74) is 1.99. The van der Waals surface area contributed by atoms with E-state index in [-0.39, 0.29) is 11.7 Å². The van der Waals surface area contributed by atoms with Crippen LogP contribution >= 0.6 is 11.6 Å². The molecule has 2 N–H and O–H groups in total. The molecule has 0 aliphatic rings. The van der Waals surface area contributed by atoms with Crippen LogP contribution in [0.3, 0.4) is 0 Å². The summed E-state index contributed by atoms with van der Waals surface area (Å²) < 4.78 is 5.24. The number of rotatable bonds is 3. The summed E-state index contributed by atoms with van der Waals surface area (Å²) in [4.78, 5) is 15.1. The summed E-state index contributed by atoms with van der Waals surface area (Å²) in [6.07, 6.45) is 0.607. The first-order valence-electron chi connectivity index (χ1n) is 6.31. The van der Waals surface area contributed by atoms with Gasteiger partial charge in [-0.25, -0.2) is 0 Å². The van der Waals surface area contributed by atoms with E-state index < -0.39 is 0 Å². The van der Waals surface area contributed by atoms with E-state index in [0.29, 0.717) is 22.3 Å². The number of pyridine rings is 1. The molecule has 5 nitrogen and oxygen atoms in total.